The Hall–Kier alpha value is -1.65. The summed E-state index contributed by atoms with van der Waals surface area (Å²) in [7, 11) is 0. The number of hydrogen-bond donors (Lipinski definition) is 2. The van der Waals surface area contributed by atoms with Crippen LogP contribution in [-0.4, -0.2) is 16.1 Å². The second kappa shape index (κ2) is 2.30. The van der Waals surface area contributed by atoms with Crippen molar-refractivity contribution in [3.05, 3.63) is 28.2 Å². The molecule has 5 nitrogen and oxygen atoms in total. The van der Waals surface area contributed by atoms with E-state index in [2.05, 4.69) is 10.2 Å². The number of rotatable bonds is 1. The predicted molar refractivity (Wildman–Crippen MR) is 33.4 cm³/mol. The largest absolute Gasteiger partial charge is 0.366 e. The summed E-state index contributed by atoms with van der Waals surface area (Å²) in [5.74, 6) is -0.654. The number of amides is 1. The number of hydrogen-bond acceptors (Lipinski definition) is 3. The molecule has 0 aromatic carbocycles. The van der Waals surface area contributed by atoms with E-state index in [0.29, 0.717) is 0 Å². The number of H-pyrrole nitrogens is 1. The number of primary amides is 1. The molecular weight excluding hydrogens is 134 g/mol. The van der Waals surface area contributed by atoms with Crippen LogP contribution in [-0.2, 0) is 0 Å². The highest BCUT2D eigenvalue weighted by Crippen LogP contribution is 1.85. The second-order valence-corrected chi connectivity index (χ2v) is 1.70. The molecule has 1 amide bonds. The standard InChI is InChI=1S/C5H5N3O2/c6-5(10)3-1-4(9)8-7-2-3/h1-2H,(H2,6,10)(H,8,9). The van der Waals surface area contributed by atoms with Gasteiger partial charge in [-0.2, -0.15) is 5.10 Å². The zero-order valence-electron chi connectivity index (χ0n) is 5.00. The molecule has 3 N–H and O–H groups in total. The van der Waals surface area contributed by atoms with Gasteiger partial charge in [0.05, 0.1) is 11.8 Å². The van der Waals surface area contributed by atoms with E-state index in [-0.39, 0.29) is 5.56 Å². The predicted octanol–water partition coefficient (Wildman–Crippen LogP) is -1.13. The van der Waals surface area contributed by atoms with Crippen LogP contribution in [0.1, 0.15) is 10.4 Å². The quantitative estimate of drug-likeness (QED) is 0.515. The lowest BCUT2D eigenvalue weighted by molar-refractivity contribution is 0.0999. The first-order valence-corrected chi connectivity index (χ1v) is 2.54. The number of carbonyl (C=O) groups is 1. The zero-order valence-corrected chi connectivity index (χ0v) is 5.00. The van der Waals surface area contributed by atoms with Crippen LogP contribution < -0.4 is 11.3 Å². The topological polar surface area (TPSA) is 88.8 Å². The van der Waals surface area contributed by atoms with Crippen molar-refractivity contribution in [2.75, 3.05) is 0 Å². The maximum absolute atomic E-state index is 10.5. The highest BCUT2D eigenvalue weighted by molar-refractivity contribution is 5.92. The van der Waals surface area contributed by atoms with Crippen molar-refractivity contribution in [1.29, 1.82) is 0 Å². The van der Waals surface area contributed by atoms with Crippen molar-refractivity contribution >= 4 is 5.91 Å². The summed E-state index contributed by atoms with van der Waals surface area (Å²) in [5, 5.41) is 5.48. The molecule has 0 aliphatic heterocycles. The molecule has 0 bridgehead atoms. The van der Waals surface area contributed by atoms with Gasteiger partial charge in [-0.15, -0.1) is 0 Å². The molecule has 0 radical (unpaired) electrons. The number of aromatic nitrogens is 2. The van der Waals surface area contributed by atoms with Crippen molar-refractivity contribution in [3.8, 4) is 0 Å². The molecule has 1 aromatic rings. The van der Waals surface area contributed by atoms with Crippen molar-refractivity contribution < 1.29 is 4.79 Å². The molecule has 10 heavy (non-hydrogen) atoms. The van der Waals surface area contributed by atoms with E-state index in [1.54, 1.807) is 0 Å². The Bertz CT molecular complexity index is 304. The molecule has 52 valence electrons. The van der Waals surface area contributed by atoms with E-state index in [9.17, 15) is 9.59 Å². The van der Waals surface area contributed by atoms with Crippen molar-refractivity contribution in [2.45, 2.75) is 0 Å². The lowest BCUT2D eigenvalue weighted by Gasteiger charge is -1.88. The van der Waals surface area contributed by atoms with Crippen LogP contribution in [0.25, 0.3) is 0 Å². The first-order valence-electron chi connectivity index (χ1n) is 2.54. The Balaban J connectivity index is 3.20. The highest BCUT2D eigenvalue weighted by Gasteiger charge is 1.98. The van der Waals surface area contributed by atoms with E-state index < -0.39 is 11.5 Å². The fourth-order valence-corrected chi connectivity index (χ4v) is 0.511. The second-order valence-electron chi connectivity index (χ2n) is 1.70. The van der Waals surface area contributed by atoms with E-state index >= 15 is 0 Å². The lowest BCUT2D eigenvalue weighted by atomic mass is 10.3. The van der Waals surface area contributed by atoms with Gasteiger partial charge in [-0.1, -0.05) is 0 Å². The van der Waals surface area contributed by atoms with Gasteiger partial charge in [-0.05, 0) is 0 Å². The molecule has 1 rings (SSSR count). The van der Waals surface area contributed by atoms with Gasteiger partial charge in [0.15, 0.2) is 0 Å². The van der Waals surface area contributed by atoms with Gasteiger partial charge in [0.2, 0.25) is 0 Å². The number of nitrogens with zero attached hydrogens (tertiary/aromatic N) is 1. The van der Waals surface area contributed by atoms with Crippen molar-refractivity contribution in [2.24, 2.45) is 5.73 Å². The third-order valence-electron chi connectivity index (χ3n) is 0.949. The minimum absolute atomic E-state index is 0.115. The molecule has 0 unspecified atom stereocenters. The van der Waals surface area contributed by atoms with Gasteiger partial charge >= 0.3 is 0 Å². The summed E-state index contributed by atoms with van der Waals surface area (Å²) in [6.07, 6.45) is 1.20. The molecule has 0 saturated heterocycles. The molecular formula is C5H5N3O2. The third kappa shape index (κ3) is 1.19. The lowest BCUT2D eigenvalue weighted by Crippen LogP contribution is -2.16. The van der Waals surface area contributed by atoms with Crippen molar-refractivity contribution in [1.82, 2.24) is 10.2 Å². The van der Waals surface area contributed by atoms with Crippen LogP contribution in [0.2, 0.25) is 0 Å². The van der Waals surface area contributed by atoms with Crippen LogP contribution in [0.5, 0.6) is 0 Å². The van der Waals surface area contributed by atoms with E-state index in [1.165, 1.54) is 6.20 Å². The molecule has 1 heterocycles. The zero-order chi connectivity index (χ0) is 7.56. The molecule has 0 atom stereocenters. The Kier molecular flexibility index (Phi) is 1.49. The average molecular weight is 139 g/mol. The van der Waals surface area contributed by atoms with Gasteiger partial charge in [-0.3, -0.25) is 9.59 Å². The summed E-state index contributed by atoms with van der Waals surface area (Å²) in [6, 6.07) is 1.09. The number of nitrogens with two attached hydrogens (primary N) is 1. The summed E-state index contributed by atoms with van der Waals surface area (Å²) in [5.41, 5.74) is 4.53. The summed E-state index contributed by atoms with van der Waals surface area (Å²) in [4.78, 5) is 20.9. The molecule has 0 aliphatic carbocycles. The van der Waals surface area contributed by atoms with Crippen LogP contribution in [0.15, 0.2) is 17.1 Å². The molecule has 0 aliphatic rings. The van der Waals surface area contributed by atoms with E-state index in [1.807, 2.05) is 0 Å². The van der Waals surface area contributed by atoms with Gasteiger partial charge in [0.25, 0.3) is 11.5 Å². The fraction of sp³-hybridized carbons (Fsp3) is 0. The molecule has 0 spiro atoms. The number of nitrogens with one attached hydrogen (secondary N) is 1. The van der Waals surface area contributed by atoms with Crippen LogP contribution in [0.3, 0.4) is 0 Å². The molecule has 5 heteroatoms. The normalized spacial score (nSPS) is 9.20. The fourth-order valence-electron chi connectivity index (χ4n) is 0.511. The first kappa shape index (κ1) is 6.47. The number of aromatic amines is 1. The summed E-state index contributed by atoms with van der Waals surface area (Å²) in [6.45, 7) is 0. The van der Waals surface area contributed by atoms with Gasteiger partial charge < -0.3 is 5.73 Å². The maximum atomic E-state index is 10.5. The number of carbonyl (C=O) groups excluding carboxylic acids is 1. The first-order chi connectivity index (χ1) is 4.70. The smallest absolute Gasteiger partial charge is 0.264 e. The third-order valence-corrected chi connectivity index (χ3v) is 0.949. The highest BCUT2D eigenvalue weighted by atomic mass is 16.1. The molecule has 0 fully saturated rings. The summed E-state index contributed by atoms with van der Waals surface area (Å²) < 4.78 is 0. The van der Waals surface area contributed by atoms with Crippen molar-refractivity contribution in [3.63, 3.8) is 0 Å². The molecule has 1 aromatic heterocycles. The maximum Gasteiger partial charge on any atom is 0.264 e. The van der Waals surface area contributed by atoms with Crippen LogP contribution in [0, 0.1) is 0 Å². The van der Waals surface area contributed by atoms with Crippen LogP contribution in [0.4, 0.5) is 0 Å². The van der Waals surface area contributed by atoms with E-state index in [4.69, 9.17) is 5.73 Å². The van der Waals surface area contributed by atoms with Crippen LogP contribution >= 0.6 is 0 Å². The van der Waals surface area contributed by atoms with E-state index in [0.717, 1.165) is 6.07 Å². The monoisotopic (exact) mass is 139 g/mol. The Morgan fingerprint density at radius 1 is 1.70 bits per heavy atom. The average Bonchev–Trinajstić information content (AvgIpc) is 1.88. The van der Waals surface area contributed by atoms with Gasteiger partial charge in [0, 0.05) is 6.07 Å². The SMILES string of the molecule is NC(=O)c1cn[nH]c(=O)c1. The Morgan fingerprint density at radius 3 is 2.80 bits per heavy atom. The van der Waals surface area contributed by atoms with Gasteiger partial charge in [-0.25, -0.2) is 5.10 Å². The minimum atomic E-state index is -0.654. The molecule has 0 saturated carbocycles. The summed E-state index contributed by atoms with van der Waals surface area (Å²) >= 11 is 0. The Labute approximate surface area is 55.9 Å². The Morgan fingerprint density at radius 2 is 2.40 bits per heavy atom. The van der Waals surface area contributed by atoms with Gasteiger partial charge in [0.1, 0.15) is 0 Å². The minimum Gasteiger partial charge on any atom is -0.366 e.